The summed E-state index contributed by atoms with van der Waals surface area (Å²) < 4.78 is 38.3. The lowest BCUT2D eigenvalue weighted by molar-refractivity contribution is -0.124. The van der Waals surface area contributed by atoms with Gasteiger partial charge in [0.1, 0.15) is 11.5 Å². The van der Waals surface area contributed by atoms with Gasteiger partial charge in [0, 0.05) is 19.1 Å². The Morgan fingerprint density at radius 2 is 1.71 bits per heavy atom. The normalized spacial score (nSPS) is 15.4. The number of piperidine rings is 1. The van der Waals surface area contributed by atoms with E-state index in [1.165, 1.54) is 4.31 Å². The van der Waals surface area contributed by atoms with Crippen LogP contribution in [-0.2, 0) is 21.2 Å². The third-order valence-electron chi connectivity index (χ3n) is 5.30. The van der Waals surface area contributed by atoms with Crippen LogP contribution in [0.5, 0.6) is 11.5 Å². The molecule has 3 rings (SSSR count). The van der Waals surface area contributed by atoms with Crippen LogP contribution in [0.4, 0.5) is 0 Å². The number of carbonyl (C=O) groups excluding carboxylic acids is 1. The van der Waals surface area contributed by atoms with Crippen LogP contribution in [0.1, 0.15) is 32.3 Å². The summed E-state index contributed by atoms with van der Waals surface area (Å²) >= 11 is 0. The molecule has 0 atom stereocenters. The molecule has 1 fully saturated rings. The number of nitrogens with zero attached hydrogens (tertiary/aromatic N) is 1. The van der Waals surface area contributed by atoms with E-state index in [-0.39, 0.29) is 23.5 Å². The van der Waals surface area contributed by atoms with Gasteiger partial charge in [0.2, 0.25) is 10.0 Å². The van der Waals surface area contributed by atoms with Crippen LogP contribution in [0.15, 0.2) is 53.4 Å². The molecule has 1 saturated heterocycles. The van der Waals surface area contributed by atoms with E-state index in [0.29, 0.717) is 38.3 Å². The van der Waals surface area contributed by atoms with Gasteiger partial charge in [-0.3, -0.25) is 4.79 Å². The molecule has 1 N–H and O–H groups in total. The summed E-state index contributed by atoms with van der Waals surface area (Å²) in [5.74, 6) is 1.17. The molecule has 0 saturated carbocycles. The van der Waals surface area contributed by atoms with E-state index in [0.717, 1.165) is 17.7 Å². The minimum absolute atomic E-state index is 0.0539. The summed E-state index contributed by atoms with van der Waals surface area (Å²) in [4.78, 5) is 12.5. The fourth-order valence-corrected chi connectivity index (χ4v) is 5.08. The summed E-state index contributed by atoms with van der Waals surface area (Å²) in [5, 5.41) is 2.96. The largest absolute Gasteiger partial charge is 0.494 e. The van der Waals surface area contributed by atoms with Gasteiger partial charge in [0.15, 0.2) is 6.61 Å². The molecule has 2 aromatic carbocycles. The highest BCUT2D eigenvalue weighted by Crippen LogP contribution is 2.23. The zero-order valence-electron chi connectivity index (χ0n) is 18.0. The number of hydrogen-bond acceptors (Lipinski definition) is 5. The number of sulfonamides is 1. The summed E-state index contributed by atoms with van der Waals surface area (Å²) in [7, 11) is -3.56. The highest BCUT2D eigenvalue weighted by Gasteiger charge is 2.30. The standard InChI is InChI=1S/C23H30N2O5S/c1-3-18-7-5-6-8-22(18)30-17-23(26)24-19-13-15-25(16-14-19)31(27,28)21-11-9-20(10-12-21)29-4-2/h5-12,19H,3-4,13-17H2,1-2H3,(H,24,26). The van der Waals surface area contributed by atoms with Crippen molar-refractivity contribution in [3.05, 3.63) is 54.1 Å². The number of ether oxygens (including phenoxy) is 2. The third-order valence-corrected chi connectivity index (χ3v) is 7.22. The molecule has 168 valence electrons. The molecule has 1 aliphatic rings. The number of aryl methyl sites for hydroxylation is 1. The van der Waals surface area contributed by atoms with Gasteiger partial charge in [-0.05, 0) is 62.1 Å². The number of amides is 1. The average Bonchev–Trinajstić information content (AvgIpc) is 2.79. The maximum Gasteiger partial charge on any atom is 0.258 e. The lowest BCUT2D eigenvalue weighted by atomic mass is 10.1. The van der Waals surface area contributed by atoms with Crippen LogP contribution in [0.2, 0.25) is 0 Å². The predicted molar refractivity (Wildman–Crippen MR) is 119 cm³/mol. The lowest BCUT2D eigenvalue weighted by Gasteiger charge is -2.31. The molecule has 2 aromatic rings. The maximum atomic E-state index is 12.9. The fraction of sp³-hybridized carbons (Fsp3) is 0.435. The first kappa shape index (κ1) is 23.1. The molecule has 31 heavy (non-hydrogen) atoms. The second-order valence-corrected chi connectivity index (χ2v) is 9.34. The van der Waals surface area contributed by atoms with Gasteiger partial charge in [-0.15, -0.1) is 0 Å². The molecular weight excluding hydrogens is 416 g/mol. The SMILES string of the molecule is CCOc1ccc(S(=O)(=O)N2CCC(NC(=O)COc3ccccc3CC)CC2)cc1. The van der Waals surface area contributed by atoms with Crippen LogP contribution >= 0.6 is 0 Å². The smallest absolute Gasteiger partial charge is 0.258 e. The van der Waals surface area contributed by atoms with Crippen molar-refractivity contribution in [2.45, 2.75) is 44.0 Å². The van der Waals surface area contributed by atoms with Gasteiger partial charge in [0.25, 0.3) is 5.91 Å². The Bertz CT molecular complexity index is 968. The monoisotopic (exact) mass is 446 g/mol. The number of benzene rings is 2. The molecule has 1 heterocycles. The summed E-state index contributed by atoms with van der Waals surface area (Å²) in [6.45, 7) is 5.12. The molecule has 0 radical (unpaired) electrons. The Kier molecular flexibility index (Phi) is 7.92. The Hall–Kier alpha value is -2.58. The minimum atomic E-state index is -3.56. The Morgan fingerprint density at radius 1 is 1.03 bits per heavy atom. The van der Waals surface area contributed by atoms with E-state index in [2.05, 4.69) is 5.32 Å². The average molecular weight is 447 g/mol. The number of para-hydroxylation sites is 1. The first-order valence-electron chi connectivity index (χ1n) is 10.7. The molecule has 7 nitrogen and oxygen atoms in total. The van der Waals surface area contributed by atoms with Gasteiger partial charge in [-0.1, -0.05) is 25.1 Å². The molecular formula is C23H30N2O5S. The Balaban J connectivity index is 1.49. The number of hydrogen-bond donors (Lipinski definition) is 1. The van der Waals surface area contributed by atoms with E-state index in [1.54, 1.807) is 24.3 Å². The minimum Gasteiger partial charge on any atom is -0.494 e. The molecule has 0 bridgehead atoms. The summed E-state index contributed by atoms with van der Waals surface area (Å²) in [6, 6.07) is 14.1. The van der Waals surface area contributed by atoms with Gasteiger partial charge in [-0.2, -0.15) is 4.31 Å². The van der Waals surface area contributed by atoms with Crippen molar-refractivity contribution < 1.29 is 22.7 Å². The topological polar surface area (TPSA) is 84.9 Å². The van der Waals surface area contributed by atoms with Gasteiger partial charge < -0.3 is 14.8 Å². The van der Waals surface area contributed by atoms with Gasteiger partial charge in [-0.25, -0.2) is 8.42 Å². The highest BCUT2D eigenvalue weighted by molar-refractivity contribution is 7.89. The second-order valence-electron chi connectivity index (χ2n) is 7.40. The van der Waals surface area contributed by atoms with Crippen LogP contribution in [0.25, 0.3) is 0 Å². The highest BCUT2D eigenvalue weighted by atomic mass is 32.2. The van der Waals surface area contributed by atoms with Crippen molar-refractivity contribution in [1.82, 2.24) is 9.62 Å². The zero-order chi connectivity index (χ0) is 22.3. The van der Waals surface area contributed by atoms with Crippen molar-refractivity contribution >= 4 is 15.9 Å². The molecule has 1 amide bonds. The fourth-order valence-electron chi connectivity index (χ4n) is 3.61. The second kappa shape index (κ2) is 10.6. The summed E-state index contributed by atoms with van der Waals surface area (Å²) in [6.07, 6.45) is 1.96. The van der Waals surface area contributed by atoms with Crippen molar-refractivity contribution in [1.29, 1.82) is 0 Å². The van der Waals surface area contributed by atoms with Crippen LogP contribution in [0.3, 0.4) is 0 Å². The Morgan fingerprint density at radius 3 is 2.35 bits per heavy atom. The first-order valence-corrected chi connectivity index (χ1v) is 12.1. The van der Waals surface area contributed by atoms with E-state index in [4.69, 9.17) is 9.47 Å². The number of carbonyl (C=O) groups is 1. The summed E-state index contributed by atoms with van der Waals surface area (Å²) in [5.41, 5.74) is 1.06. The maximum absolute atomic E-state index is 12.9. The molecule has 8 heteroatoms. The van der Waals surface area contributed by atoms with Gasteiger partial charge in [0.05, 0.1) is 11.5 Å². The lowest BCUT2D eigenvalue weighted by Crippen LogP contribution is -2.47. The van der Waals surface area contributed by atoms with E-state index in [1.807, 2.05) is 38.1 Å². The third kappa shape index (κ3) is 5.98. The molecule has 0 spiro atoms. The van der Waals surface area contributed by atoms with E-state index in [9.17, 15) is 13.2 Å². The van der Waals surface area contributed by atoms with Crippen molar-refractivity contribution in [3.63, 3.8) is 0 Å². The van der Waals surface area contributed by atoms with E-state index >= 15 is 0 Å². The van der Waals surface area contributed by atoms with Crippen LogP contribution in [0, 0.1) is 0 Å². The number of rotatable bonds is 9. The molecule has 1 aliphatic heterocycles. The predicted octanol–water partition coefficient (Wildman–Crippen LogP) is 3.00. The first-order chi connectivity index (χ1) is 14.9. The van der Waals surface area contributed by atoms with Gasteiger partial charge >= 0.3 is 0 Å². The van der Waals surface area contributed by atoms with Crippen LogP contribution in [-0.4, -0.2) is 51.0 Å². The van der Waals surface area contributed by atoms with Crippen molar-refractivity contribution in [3.8, 4) is 11.5 Å². The molecule has 0 unspecified atom stereocenters. The van der Waals surface area contributed by atoms with Crippen LogP contribution < -0.4 is 14.8 Å². The van der Waals surface area contributed by atoms with Crippen molar-refractivity contribution in [2.75, 3.05) is 26.3 Å². The number of nitrogens with one attached hydrogen (secondary N) is 1. The zero-order valence-corrected chi connectivity index (χ0v) is 18.9. The molecule has 0 aromatic heterocycles. The van der Waals surface area contributed by atoms with E-state index < -0.39 is 10.0 Å². The molecule has 0 aliphatic carbocycles. The Labute approximate surface area is 184 Å². The quantitative estimate of drug-likeness (QED) is 0.640. The van der Waals surface area contributed by atoms with Crippen molar-refractivity contribution in [2.24, 2.45) is 0 Å².